The maximum atomic E-state index is 13.0. The quantitative estimate of drug-likeness (QED) is 0.794. The average Bonchev–Trinajstić information content (AvgIpc) is 3.48. The zero-order valence-corrected chi connectivity index (χ0v) is 15.7. The van der Waals surface area contributed by atoms with Crippen molar-refractivity contribution in [2.24, 2.45) is 0 Å². The summed E-state index contributed by atoms with van der Waals surface area (Å²) in [5, 5.41) is 3.64. The minimum Gasteiger partial charge on any atom is -0.452 e. The van der Waals surface area contributed by atoms with Crippen molar-refractivity contribution in [2.45, 2.75) is 45.2 Å². The van der Waals surface area contributed by atoms with E-state index in [1.165, 1.54) is 0 Å². The van der Waals surface area contributed by atoms with Crippen LogP contribution in [0.2, 0.25) is 0 Å². The fraction of sp³-hybridized carbons (Fsp3) is 0.476. The summed E-state index contributed by atoms with van der Waals surface area (Å²) in [6.45, 7) is 4.55. The molecule has 4 rings (SSSR count). The lowest BCUT2D eigenvalue weighted by Crippen LogP contribution is -2.34. The molecule has 142 valence electrons. The molecular weight excluding hydrogens is 342 g/mol. The molecule has 1 fully saturated rings. The van der Waals surface area contributed by atoms with Crippen molar-refractivity contribution in [3.63, 3.8) is 0 Å². The van der Waals surface area contributed by atoms with E-state index in [0.717, 1.165) is 60.9 Å². The molecule has 6 heteroatoms. The molecule has 2 heterocycles. The molecule has 1 aromatic carbocycles. The first-order chi connectivity index (χ1) is 13.2. The van der Waals surface area contributed by atoms with Crippen LogP contribution in [0.1, 0.15) is 47.8 Å². The molecular formula is C21H25N3O3. The molecule has 1 saturated carbocycles. The number of ether oxygens (including phenoxy) is 1. The third-order valence-electron chi connectivity index (χ3n) is 5.15. The molecule has 0 saturated heterocycles. The van der Waals surface area contributed by atoms with E-state index in [2.05, 4.69) is 17.1 Å². The molecule has 27 heavy (non-hydrogen) atoms. The molecule has 2 aromatic rings. The minimum absolute atomic E-state index is 0.231. The fourth-order valence-electron chi connectivity index (χ4n) is 3.69. The third kappa shape index (κ3) is 3.95. The predicted octanol–water partition coefficient (Wildman–Crippen LogP) is 2.44. The predicted molar refractivity (Wildman–Crippen MR) is 102 cm³/mol. The van der Waals surface area contributed by atoms with Gasteiger partial charge in [-0.25, -0.2) is 4.79 Å². The minimum atomic E-state index is -0.436. The first kappa shape index (κ1) is 17.9. The van der Waals surface area contributed by atoms with E-state index in [4.69, 9.17) is 9.72 Å². The van der Waals surface area contributed by atoms with Gasteiger partial charge in [-0.2, -0.15) is 0 Å². The molecule has 0 atom stereocenters. The number of carbonyl (C=O) groups excluding carboxylic acids is 2. The second kappa shape index (κ2) is 7.64. The first-order valence-electron chi connectivity index (χ1n) is 9.75. The van der Waals surface area contributed by atoms with Gasteiger partial charge >= 0.3 is 5.97 Å². The van der Waals surface area contributed by atoms with Gasteiger partial charge < -0.3 is 10.1 Å². The van der Waals surface area contributed by atoms with Gasteiger partial charge in [0.15, 0.2) is 6.61 Å². The van der Waals surface area contributed by atoms with E-state index >= 15 is 0 Å². The standard InChI is InChI=1S/C21H25N3O3/c1-2-10-24-11-9-18-16(12-24)20(15-5-3-4-6-17(15)23-18)21(26)27-13-19(25)22-14-7-8-14/h3-6,14H,2,7-13H2,1H3,(H,22,25). The highest BCUT2D eigenvalue weighted by atomic mass is 16.5. The molecule has 2 aliphatic rings. The number of aromatic nitrogens is 1. The molecule has 0 radical (unpaired) electrons. The Morgan fingerprint density at radius 3 is 2.89 bits per heavy atom. The van der Waals surface area contributed by atoms with Crippen LogP contribution in [-0.4, -0.2) is 47.5 Å². The zero-order valence-electron chi connectivity index (χ0n) is 15.7. The van der Waals surface area contributed by atoms with Crippen molar-refractivity contribution in [1.29, 1.82) is 0 Å². The van der Waals surface area contributed by atoms with Crippen LogP contribution in [0.15, 0.2) is 24.3 Å². The van der Waals surface area contributed by atoms with Crippen molar-refractivity contribution in [2.75, 3.05) is 19.7 Å². The van der Waals surface area contributed by atoms with E-state index < -0.39 is 5.97 Å². The Balaban J connectivity index is 1.63. The van der Waals surface area contributed by atoms with Gasteiger partial charge in [-0.05, 0) is 31.9 Å². The second-order valence-corrected chi connectivity index (χ2v) is 7.37. The van der Waals surface area contributed by atoms with Crippen molar-refractivity contribution in [3.05, 3.63) is 41.1 Å². The van der Waals surface area contributed by atoms with Gasteiger partial charge in [-0.3, -0.25) is 14.7 Å². The number of para-hydroxylation sites is 1. The lowest BCUT2D eigenvalue weighted by molar-refractivity contribution is -0.124. The number of nitrogens with one attached hydrogen (secondary N) is 1. The largest absolute Gasteiger partial charge is 0.452 e. The number of esters is 1. The van der Waals surface area contributed by atoms with Crippen LogP contribution in [0.5, 0.6) is 0 Å². The maximum Gasteiger partial charge on any atom is 0.339 e. The van der Waals surface area contributed by atoms with Gasteiger partial charge in [0, 0.05) is 42.2 Å². The fourth-order valence-corrected chi connectivity index (χ4v) is 3.69. The van der Waals surface area contributed by atoms with Gasteiger partial charge in [0.25, 0.3) is 5.91 Å². The third-order valence-corrected chi connectivity index (χ3v) is 5.15. The van der Waals surface area contributed by atoms with Crippen LogP contribution in [0.4, 0.5) is 0 Å². The van der Waals surface area contributed by atoms with E-state index in [1.54, 1.807) is 0 Å². The Labute approximate surface area is 158 Å². The summed E-state index contributed by atoms with van der Waals surface area (Å²) < 4.78 is 5.39. The van der Waals surface area contributed by atoms with Crippen LogP contribution < -0.4 is 5.32 Å². The molecule has 0 bridgehead atoms. The molecule has 6 nitrogen and oxygen atoms in total. The SMILES string of the molecule is CCCN1CCc2nc3ccccc3c(C(=O)OCC(=O)NC3CC3)c2C1. The number of rotatable bonds is 6. The molecule has 0 spiro atoms. The molecule has 1 aliphatic heterocycles. The Bertz CT molecular complexity index is 876. The summed E-state index contributed by atoms with van der Waals surface area (Å²) >= 11 is 0. The van der Waals surface area contributed by atoms with Crippen LogP contribution in [0.25, 0.3) is 10.9 Å². The molecule has 1 aliphatic carbocycles. The van der Waals surface area contributed by atoms with E-state index in [0.29, 0.717) is 12.1 Å². The Hall–Kier alpha value is -2.47. The smallest absolute Gasteiger partial charge is 0.339 e. The summed E-state index contributed by atoms with van der Waals surface area (Å²) in [6.07, 6.45) is 3.91. The number of carbonyl (C=O) groups is 2. The summed E-state index contributed by atoms with van der Waals surface area (Å²) in [6, 6.07) is 7.91. The Morgan fingerprint density at radius 2 is 2.11 bits per heavy atom. The lowest BCUT2D eigenvalue weighted by atomic mass is 9.95. The number of nitrogens with zero attached hydrogens (tertiary/aromatic N) is 2. The van der Waals surface area contributed by atoms with Gasteiger partial charge in [-0.15, -0.1) is 0 Å². The highest BCUT2D eigenvalue weighted by Crippen LogP contribution is 2.29. The van der Waals surface area contributed by atoms with Crippen LogP contribution in [-0.2, 0) is 22.5 Å². The van der Waals surface area contributed by atoms with E-state index in [-0.39, 0.29) is 18.6 Å². The number of amides is 1. The van der Waals surface area contributed by atoms with Crippen molar-refractivity contribution < 1.29 is 14.3 Å². The number of pyridine rings is 1. The number of hydrogen-bond acceptors (Lipinski definition) is 5. The van der Waals surface area contributed by atoms with Gasteiger partial charge in [0.1, 0.15) is 0 Å². The van der Waals surface area contributed by atoms with Crippen LogP contribution in [0.3, 0.4) is 0 Å². The number of benzene rings is 1. The van der Waals surface area contributed by atoms with Crippen molar-refractivity contribution >= 4 is 22.8 Å². The van der Waals surface area contributed by atoms with Gasteiger partial charge in [0.2, 0.25) is 0 Å². The van der Waals surface area contributed by atoms with Crippen molar-refractivity contribution in [3.8, 4) is 0 Å². The average molecular weight is 367 g/mol. The molecule has 1 aromatic heterocycles. The normalized spacial score (nSPS) is 16.8. The number of hydrogen-bond donors (Lipinski definition) is 1. The summed E-state index contributed by atoms with van der Waals surface area (Å²) in [7, 11) is 0. The van der Waals surface area contributed by atoms with E-state index in [9.17, 15) is 9.59 Å². The van der Waals surface area contributed by atoms with Crippen LogP contribution >= 0.6 is 0 Å². The van der Waals surface area contributed by atoms with Gasteiger partial charge in [0.05, 0.1) is 11.1 Å². The summed E-state index contributed by atoms with van der Waals surface area (Å²) in [5.41, 5.74) is 3.28. The number of fused-ring (bicyclic) bond motifs is 2. The van der Waals surface area contributed by atoms with Crippen LogP contribution in [0, 0.1) is 0 Å². The zero-order chi connectivity index (χ0) is 18.8. The van der Waals surface area contributed by atoms with E-state index in [1.807, 2.05) is 24.3 Å². The maximum absolute atomic E-state index is 13.0. The topological polar surface area (TPSA) is 71.5 Å². The monoisotopic (exact) mass is 367 g/mol. The summed E-state index contributed by atoms with van der Waals surface area (Å²) in [5.74, 6) is -0.667. The van der Waals surface area contributed by atoms with Gasteiger partial charge in [-0.1, -0.05) is 25.1 Å². The molecule has 1 amide bonds. The molecule has 0 unspecified atom stereocenters. The Kier molecular flexibility index (Phi) is 5.07. The highest BCUT2D eigenvalue weighted by molar-refractivity contribution is 6.05. The molecule has 1 N–H and O–H groups in total. The Morgan fingerprint density at radius 1 is 1.30 bits per heavy atom. The first-order valence-corrected chi connectivity index (χ1v) is 9.75. The highest BCUT2D eigenvalue weighted by Gasteiger charge is 2.27. The second-order valence-electron chi connectivity index (χ2n) is 7.37. The summed E-state index contributed by atoms with van der Waals surface area (Å²) in [4.78, 5) is 32.0. The lowest BCUT2D eigenvalue weighted by Gasteiger charge is -2.29. The van der Waals surface area contributed by atoms with Crippen molar-refractivity contribution in [1.82, 2.24) is 15.2 Å².